The Kier molecular flexibility index (Phi) is 6.43. The first-order valence-electron chi connectivity index (χ1n) is 9.18. The van der Waals surface area contributed by atoms with Crippen LogP contribution in [0, 0.1) is 5.92 Å². The average Bonchev–Trinajstić information content (AvgIpc) is 3.18. The van der Waals surface area contributed by atoms with Gasteiger partial charge in [-0.15, -0.1) is 0 Å². The van der Waals surface area contributed by atoms with E-state index in [9.17, 15) is 4.79 Å². The Morgan fingerprint density at radius 1 is 1.16 bits per heavy atom. The van der Waals surface area contributed by atoms with E-state index in [4.69, 9.17) is 4.74 Å². The summed E-state index contributed by atoms with van der Waals surface area (Å²) in [5.41, 5.74) is 1.95. The lowest BCUT2D eigenvalue weighted by Crippen LogP contribution is -2.23. The van der Waals surface area contributed by atoms with Gasteiger partial charge in [0.2, 0.25) is 5.91 Å². The predicted molar refractivity (Wildman–Crippen MR) is 98.0 cm³/mol. The van der Waals surface area contributed by atoms with Gasteiger partial charge in [0.15, 0.2) is 0 Å². The molecule has 0 saturated heterocycles. The Hall–Kier alpha value is -2.36. The van der Waals surface area contributed by atoms with E-state index >= 15 is 0 Å². The highest BCUT2D eigenvalue weighted by molar-refractivity contribution is 5.75. The van der Waals surface area contributed by atoms with Crippen molar-refractivity contribution in [2.24, 2.45) is 5.92 Å². The predicted octanol–water partition coefficient (Wildman–Crippen LogP) is 4.25. The van der Waals surface area contributed by atoms with Gasteiger partial charge in [-0.25, -0.2) is 0 Å². The third kappa shape index (κ3) is 5.89. The van der Waals surface area contributed by atoms with Gasteiger partial charge in [0.05, 0.1) is 5.69 Å². The molecule has 132 valence electrons. The molecule has 25 heavy (non-hydrogen) atoms. The molecule has 0 aliphatic heterocycles. The van der Waals surface area contributed by atoms with Crippen molar-refractivity contribution < 1.29 is 9.53 Å². The Morgan fingerprint density at radius 3 is 2.84 bits per heavy atom. The fourth-order valence-electron chi connectivity index (χ4n) is 3.31. The van der Waals surface area contributed by atoms with Crippen LogP contribution < -0.4 is 10.1 Å². The van der Waals surface area contributed by atoms with Crippen LogP contribution in [0.4, 0.5) is 0 Å². The van der Waals surface area contributed by atoms with Crippen LogP contribution in [0.5, 0.6) is 5.75 Å². The molecule has 4 nitrogen and oxygen atoms in total. The zero-order chi connectivity index (χ0) is 17.3. The SMILES string of the molecule is O=C(CCC1CCCC1)NCc1cccc(OCc2ccccn2)c1. The molecule has 2 aromatic rings. The maximum atomic E-state index is 12.0. The van der Waals surface area contributed by atoms with Crippen LogP contribution in [-0.4, -0.2) is 10.9 Å². The average molecular weight is 338 g/mol. The van der Waals surface area contributed by atoms with Crippen molar-refractivity contribution in [2.45, 2.75) is 51.7 Å². The van der Waals surface area contributed by atoms with E-state index in [0.717, 1.165) is 29.3 Å². The Balaban J connectivity index is 1.42. The lowest BCUT2D eigenvalue weighted by Gasteiger charge is -2.10. The maximum absolute atomic E-state index is 12.0. The van der Waals surface area contributed by atoms with E-state index in [2.05, 4.69) is 10.3 Å². The number of nitrogens with one attached hydrogen (secondary N) is 1. The number of carbonyl (C=O) groups excluding carboxylic acids is 1. The number of rotatable bonds is 8. The second-order valence-electron chi connectivity index (χ2n) is 6.72. The van der Waals surface area contributed by atoms with Gasteiger partial charge in [0.25, 0.3) is 0 Å². The van der Waals surface area contributed by atoms with Crippen LogP contribution in [0.2, 0.25) is 0 Å². The first-order chi connectivity index (χ1) is 12.3. The van der Waals surface area contributed by atoms with E-state index in [1.165, 1.54) is 25.7 Å². The van der Waals surface area contributed by atoms with Crippen LogP contribution in [0.1, 0.15) is 49.8 Å². The zero-order valence-corrected chi connectivity index (χ0v) is 14.6. The molecule has 0 atom stereocenters. The molecule has 1 heterocycles. The highest BCUT2D eigenvalue weighted by atomic mass is 16.5. The molecular weight excluding hydrogens is 312 g/mol. The number of nitrogens with zero attached hydrogens (tertiary/aromatic N) is 1. The van der Waals surface area contributed by atoms with Gasteiger partial charge in [-0.2, -0.15) is 0 Å². The molecule has 1 saturated carbocycles. The van der Waals surface area contributed by atoms with Crippen molar-refractivity contribution in [2.75, 3.05) is 0 Å². The molecule has 0 unspecified atom stereocenters. The maximum Gasteiger partial charge on any atom is 0.220 e. The molecule has 3 rings (SSSR count). The minimum Gasteiger partial charge on any atom is -0.487 e. The van der Waals surface area contributed by atoms with Crippen molar-refractivity contribution in [3.8, 4) is 5.75 Å². The molecule has 1 fully saturated rings. The first-order valence-corrected chi connectivity index (χ1v) is 9.18. The van der Waals surface area contributed by atoms with Crippen molar-refractivity contribution in [1.29, 1.82) is 0 Å². The molecule has 1 aliphatic rings. The largest absolute Gasteiger partial charge is 0.487 e. The molecule has 1 aliphatic carbocycles. The zero-order valence-electron chi connectivity index (χ0n) is 14.6. The molecule has 0 bridgehead atoms. The van der Waals surface area contributed by atoms with Gasteiger partial charge in [0.1, 0.15) is 12.4 Å². The van der Waals surface area contributed by atoms with Gasteiger partial charge in [-0.1, -0.05) is 43.9 Å². The van der Waals surface area contributed by atoms with E-state index < -0.39 is 0 Å². The van der Waals surface area contributed by atoms with Crippen LogP contribution in [-0.2, 0) is 17.9 Å². The number of hydrogen-bond donors (Lipinski definition) is 1. The van der Waals surface area contributed by atoms with Crippen LogP contribution in [0.3, 0.4) is 0 Å². The van der Waals surface area contributed by atoms with E-state index in [-0.39, 0.29) is 5.91 Å². The Bertz CT molecular complexity index is 667. The van der Waals surface area contributed by atoms with Gasteiger partial charge in [-0.3, -0.25) is 9.78 Å². The van der Waals surface area contributed by atoms with Gasteiger partial charge < -0.3 is 10.1 Å². The third-order valence-electron chi connectivity index (χ3n) is 4.76. The fraction of sp³-hybridized carbons (Fsp3) is 0.429. The molecule has 1 aromatic carbocycles. The normalized spacial score (nSPS) is 14.4. The monoisotopic (exact) mass is 338 g/mol. The second-order valence-corrected chi connectivity index (χ2v) is 6.72. The lowest BCUT2D eigenvalue weighted by atomic mass is 10.0. The highest BCUT2D eigenvalue weighted by Crippen LogP contribution is 2.28. The standard InChI is InChI=1S/C21H26N2O2/c24-21(12-11-17-6-1-2-7-17)23-15-18-8-5-10-20(14-18)25-16-19-9-3-4-13-22-19/h3-5,8-10,13-14,17H,1-2,6-7,11-12,15-16H2,(H,23,24). The summed E-state index contributed by atoms with van der Waals surface area (Å²) in [5, 5.41) is 3.02. The number of carbonyl (C=O) groups is 1. The summed E-state index contributed by atoms with van der Waals surface area (Å²) in [6.07, 6.45) is 8.68. The summed E-state index contributed by atoms with van der Waals surface area (Å²) >= 11 is 0. The molecule has 1 amide bonds. The minimum atomic E-state index is 0.145. The van der Waals surface area contributed by atoms with Gasteiger partial charge >= 0.3 is 0 Å². The van der Waals surface area contributed by atoms with Crippen molar-refractivity contribution >= 4 is 5.91 Å². The van der Waals surface area contributed by atoms with Crippen molar-refractivity contribution in [3.05, 3.63) is 59.9 Å². The summed E-state index contributed by atoms with van der Waals surface area (Å²) < 4.78 is 5.78. The summed E-state index contributed by atoms with van der Waals surface area (Å²) in [6, 6.07) is 13.6. The molecule has 1 N–H and O–H groups in total. The van der Waals surface area contributed by atoms with Gasteiger partial charge in [0, 0.05) is 19.2 Å². The van der Waals surface area contributed by atoms with Crippen molar-refractivity contribution in [1.82, 2.24) is 10.3 Å². The van der Waals surface area contributed by atoms with Crippen LogP contribution in [0.15, 0.2) is 48.7 Å². The lowest BCUT2D eigenvalue weighted by molar-refractivity contribution is -0.121. The Morgan fingerprint density at radius 2 is 2.04 bits per heavy atom. The number of ether oxygens (including phenoxy) is 1. The highest BCUT2D eigenvalue weighted by Gasteiger charge is 2.15. The summed E-state index contributed by atoms with van der Waals surface area (Å²) in [4.78, 5) is 16.3. The molecular formula is C21H26N2O2. The first kappa shape index (κ1) is 17.5. The smallest absolute Gasteiger partial charge is 0.220 e. The molecule has 0 spiro atoms. The molecule has 1 aromatic heterocycles. The second kappa shape index (κ2) is 9.21. The number of benzene rings is 1. The summed E-state index contributed by atoms with van der Waals surface area (Å²) in [6.45, 7) is 0.988. The Labute approximate surface area is 149 Å². The molecule has 4 heteroatoms. The molecule has 0 radical (unpaired) electrons. The number of amides is 1. The van der Waals surface area contributed by atoms with Crippen molar-refractivity contribution in [3.63, 3.8) is 0 Å². The van der Waals surface area contributed by atoms with Gasteiger partial charge in [-0.05, 0) is 42.2 Å². The van der Waals surface area contributed by atoms with E-state index in [1.807, 2.05) is 42.5 Å². The fourth-order valence-corrected chi connectivity index (χ4v) is 3.31. The van der Waals surface area contributed by atoms with Crippen LogP contribution in [0.25, 0.3) is 0 Å². The van der Waals surface area contributed by atoms with E-state index in [1.54, 1.807) is 6.20 Å². The number of pyridine rings is 1. The number of hydrogen-bond acceptors (Lipinski definition) is 3. The van der Waals surface area contributed by atoms with Crippen LogP contribution >= 0.6 is 0 Å². The minimum absolute atomic E-state index is 0.145. The summed E-state index contributed by atoms with van der Waals surface area (Å²) in [7, 11) is 0. The van der Waals surface area contributed by atoms with E-state index in [0.29, 0.717) is 19.6 Å². The quantitative estimate of drug-likeness (QED) is 0.783. The number of aromatic nitrogens is 1. The summed E-state index contributed by atoms with van der Waals surface area (Å²) in [5.74, 6) is 1.70. The third-order valence-corrected chi connectivity index (χ3v) is 4.76. The topological polar surface area (TPSA) is 51.2 Å².